The maximum atomic E-state index is 13.0. The first-order valence-electron chi connectivity index (χ1n) is 7.51. The highest BCUT2D eigenvalue weighted by molar-refractivity contribution is 6.16. The summed E-state index contributed by atoms with van der Waals surface area (Å²) in [5, 5.41) is 0. The molecule has 0 aromatic carbocycles. The van der Waals surface area contributed by atoms with Gasteiger partial charge in [-0.25, -0.2) is 0 Å². The number of likely N-dealkylation sites (tertiary alicyclic amines) is 1. The van der Waals surface area contributed by atoms with Crippen molar-refractivity contribution in [2.45, 2.75) is 33.1 Å². The van der Waals surface area contributed by atoms with Crippen molar-refractivity contribution in [3.63, 3.8) is 0 Å². The topological polar surface area (TPSA) is 72.9 Å². The number of ether oxygens (including phenoxy) is 2. The minimum absolute atomic E-state index is 0. The zero-order valence-electron chi connectivity index (χ0n) is 13.3. The van der Waals surface area contributed by atoms with E-state index in [0.29, 0.717) is 32.4 Å². The first-order valence-corrected chi connectivity index (χ1v) is 7.51. The Hall–Kier alpha value is -1.14. The van der Waals surface area contributed by atoms with Crippen LogP contribution in [0.5, 0.6) is 0 Å². The van der Waals surface area contributed by atoms with Crippen molar-refractivity contribution in [2.24, 2.45) is 10.8 Å². The number of carbonyl (C=O) groups excluding carboxylic acids is 3. The Kier molecular flexibility index (Phi) is 5.98. The molecule has 2 fully saturated rings. The lowest BCUT2D eigenvalue weighted by molar-refractivity contribution is -0.184. The number of fused-ring (bicyclic) bond motifs is 2. The lowest BCUT2D eigenvalue weighted by Gasteiger charge is -2.50. The van der Waals surface area contributed by atoms with Gasteiger partial charge in [-0.2, -0.15) is 0 Å². The average molecular weight is 334 g/mol. The van der Waals surface area contributed by atoms with Crippen LogP contribution in [-0.4, -0.2) is 56.0 Å². The maximum Gasteiger partial charge on any atom is 0.320 e. The summed E-state index contributed by atoms with van der Waals surface area (Å²) in [6, 6.07) is 0. The van der Waals surface area contributed by atoms with Crippen LogP contribution in [0.1, 0.15) is 33.1 Å². The highest BCUT2D eigenvalue weighted by Gasteiger charge is 2.65. The van der Waals surface area contributed by atoms with Crippen molar-refractivity contribution < 1.29 is 23.9 Å². The monoisotopic (exact) mass is 333 g/mol. The molecule has 2 unspecified atom stereocenters. The number of esters is 2. The number of rotatable bonds is 4. The van der Waals surface area contributed by atoms with Gasteiger partial charge in [-0.3, -0.25) is 14.4 Å². The van der Waals surface area contributed by atoms with Crippen LogP contribution in [0.2, 0.25) is 0 Å². The van der Waals surface area contributed by atoms with Gasteiger partial charge in [-0.05, 0) is 33.7 Å². The second-order valence-corrected chi connectivity index (χ2v) is 5.96. The zero-order chi connectivity index (χ0) is 15.7. The number of hydrogen-bond donors (Lipinski definition) is 0. The second kappa shape index (κ2) is 6.96. The molecule has 0 aromatic rings. The second-order valence-electron chi connectivity index (χ2n) is 5.96. The van der Waals surface area contributed by atoms with E-state index in [4.69, 9.17) is 9.47 Å². The molecule has 1 aliphatic carbocycles. The van der Waals surface area contributed by atoms with E-state index in [1.807, 2.05) is 11.9 Å². The number of halogens is 1. The fourth-order valence-electron chi connectivity index (χ4n) is 3.71. The van der Waals surface area contributed by atoms with Crippen molar-refractivity contribution >= 4 is 30.1 Å². The van der Waals surface area contributed by atoms with Gasteiger partial charge in [0.2, 0.25) is 0 Å². The molecule has 0 N–H and O–H groups in total. The van der Waals surface area contributed by atoms with E-state index in [9.17, 15) is 14.4 Å². The number of ketones is 1. The number of nitrogens with zero attached hydrogens (tertiary/aromatic N) is 1. The Morgan fingerprint density at radius 3 is 1.82 bits per heavy atom. The van der Waals surface area contributed by atoms with Gasteiger partial charge in [0.25, 0.3) is 0 Å². The summed E-state index contributed by atoms with van der Waals surface area (Å²) >= 11 is 0. The molecule has 1 aliphatic heterocycles. The van der Waals surface area contributed by atoms with Gasteiger partial charge < -0.3 is 14.4 Å². The Bertz CT molecular complexity index is 431. The molecular formula is C15H24ClNO5. The van der Waals surface area contributed by atoms with Gasteiger partial charge in [0.1, 0.15) is 10.8 Å². The fraction of sp³-hybridized carbons (Fsp3) is 0.800. The molecule has 1 saturated heterocycles. The number of hydrogen-bond acceptors (Lipinski definition) is 6. The van der Waals surface area contributed by atoms with E-state index < -0.39 is 22.8 Å². The van der Waals surface area contributed by atoms with Crippen LogP contribution in [0.25, 0.3) is 0 Å². The Morgan fingerprint density at radius 1 is 1.05 bits per heavy atom. The van der Waals surface area contributed by atoms with Crippen LogP contribution in [0.4, 0.5) is 0 Å². The van der Waals surface area contributed by atoms with Crippen LogP contribution in [0.15, 0.2) is 0 Å². The van der Waals surface area contributed by atoms with Gasteiger partial charge in [-0.1, -0.05) is 6.42 Å². The molecule has 2 aliphatic rings. The molecular weight excluding hydrogens is 310 g/mol. The first-order chi connectivity index (χ1) is 9.93. The Morgan fingerprint density at radius 2 is 1.45 bits per heavy atom. The molecule has 0 amide bonds. The standard InChI is InChI=1S/C15H23NO5.ClH/c1-4-20-12(18)14-7-6-8-15(11(14)17,10-16(3)9-14)13(19)21-5-2;/h4-10H2,1-3H3;1H. The van der Waals surface area contributed by atoms with E-state index in [1.165, 1.54) is 0 Å². The van der Waals surface area contributed by atoms with Crippen LogP contribution < -0.4 is 0 Å². The molecule has 1 heterocycles. The Labute approximate surface area is 136 Å². The summed E-state index contributed by atoms with van der Waals surface area (Å²) in [4.78, 5) is 39.6. The van der Waals surface area contributed by atoms with E-state index in [-0.39, 0.29) is 31.4 Å². The molecule has 0 spiro atoms. The average Bonchev–Trinajstić information content (AvgIpc) is 2.41. The normalized spacial score (nSPS) is 31.1. The van der Waals surface area contributed by atoms with Crippen molar-refractivity contribution in [3.05, 3.63) is 0 Å². The van der Waals surface area contributed by atoms with E-state index in [0.717, 1.165) is 0 Å². The van der Waals surface area contributed by atoms with Crippen molar-refractivity contribution in [1.29, 1.82) is 0 Å². The number of Topliss-reactive ketones (excluding diaryl/α,β-unsaturated/α-hetero) is 1. The molecule has 1 saturated carbocycles. The predicted molar refractivity (Wildman–Crippen MR) is 81.7 cm³/mol. The maximum absolute atomic E-state index is 13.0. The Balaban J connectivity index is 0.00000242. The summed E-state index contributed by atoms with van der Waals surface area (Å²) < 4.78 is 10.2. The third-order valence-corrected chi connectivity index (χ3v) is 4.49. The lowest BCUT2D eigenvalue weighted by atomic mass is 9.58. The third kappa shape index (κ3) is 2.74. The summed E-state index contributed by atoms with van der Waals surface area (Å²) in [6.45, 7) is 4.51. The largest absolute Gasteiger partial charge is 0.465 e. The highest BCUT2D eigenvalue weighted by atomic mass is 35.5. The molecule has 22 heavy (non-hydrogen) atoms. The molecule has 2 atom stereocenters. The van der Waals surface area contributed by atoms with E-state index in [1.54, 1.807) is 13.8 Å². The van der Waals surface area contributed by atoms with Gasteiger partial charge >= 0.3 is 11.9 Å². The molecule has 0 aromatic heterocycles. The van der Waals surface area contributed by atoms with Gasteiger partial charge in [0.05, 0.1) is 13.2 Å². The summed E-state index contributed by atoms with van der Waals surface area (Å²) in [5.41, 5.74) is -2.43. The van der Waals surface area contributed by atoms with Crippen molar-refractivity contribution in [1.82, 2.24) is 4.90 Å². The van der Waals surface area contributed by atoms with Crippen LogP contribution >= 0.6 is 12.4 Å². The molecule has 126 valence electrons. The molecule has 2 rings (SSSR count). The van der Waals surface area contributed by atoms with Crippen molar-refractivity contribution in [2.75, 3.05) is 33.4 Å². The molecule has 6 nitrogen and oxygen atoms in total. The minimum Gasteiger partial charge on any atom is -0.465 e. The third-order valence-electron chi connectivity index (χ3n) is 4.49. The molecule has 2 bridgehead atoms. The lowest BCUT2D eigenvalue weighted by Crippen LogP contribution is -2.67. The highest BCUT2D eigenvalue weighted by Crippen LogP contribution is 2.49. The summed E-state index contributed by atoms with van der Waals surface area (Å²) in [6.07, 6.45) is 1.53. The van der Waals surface area contributed by atoms with Crippen molar-refractivity contribution in [3.8, 4) is 0 Å². The number of carbonyl (C=O) groups is 3. The summed E-state index contributed by atoms with van der Waals surface area (Å²) in [7, 11) is 1.82. The zero-order valence-corrected chi connectivity index (χ0v) is 14.2. The molecule has 0 radical (unpaired) electrons. The molecule has 7 heteroatoms. The van der Waals surface area contributed by atoms with Crippen LogP contribution in [-0.2, 0) is 23.9 Å². The van der Waals surface area contributed by atoms with Gasteiger partial charge in [0.15, 0.2) is 5.78 Å². The smallest absolute Gasteiger partial charge is 0.320 e. The number of piperidine rings is 1. The fourth-order valence-corrected chi connectivity index (χ4v) is 3.71. The van der Waals surface area contributed by atoms with E-state index >= 15 is 0 Å². The van der Waals surface area contributed by atoms with Crippen LogP contribution in [0, 0.1) is 10.8 Å². The van der Waals surface area contributed by atoms with Crippen LogP contribution in [0.3, 0.4) is 0 Å². The quantitative estimate of drug-likeness (QED) is 0.568. The van der Waals surface area contributed by atoms with Gasteiger partial charge in [0, 0.05) is 13.1 Å². The van der Waals surface area contributed by atoms with E-state index in [2.05, 4.69) is 0 Å². The minimum atomic E-state index is -1.21. The van der Waals surface area contributed by atoms with Gasteiger partial charge in [-0.15, -0.1) is 12.4 Å². The predicted octanol–water partition coefficient (Wildman–Crippen LogP) is 1.21. The SMILES string of the molecule is CCOC(=O)C12CCCC(C(=O)OCC)(CN(C)C1)C2=O.Cl. The first kappa shape index (κ1) is 18.9. The summed E-state index contributed by atoms with van der Waals surface area (Å²) in [5.74, 6) is -1.32.